The average Bonchev–Trinajstić information content (AvgIpc) is 2.99. The number of nitrogens with zero attached hydrogens (tertiary/aromatic N) is 5. The molecule has 4 rings (SSSR count). The molecule has 0 bridgehead atoms. The number of benzene rings is 1. The van der Waals surface area contributed by atoms with E-state index in [4.69, 9.17) is 0 Å². The minimum atomic E-state index is -0.139. The number of anilines is 1. The molecule has 3 heterocycles. The number of piperidine rings is 1. The van der Waals surface area contributed by atoms with E-state index in [-0.39, 0.29) is 11.7 Å². The predicted octanol–water partition coefficient (Wildman–Crippen LogP) is 2.38. The molecule has 1 amide bonds. The zero-order valence-corrected chi connectivity index (χ0v) is 16.4. The molecule has 28 heavy (non-hydrogen) atoms. The summed E-state index contributed by atoms with van der Waals surface area (Å²) >= 11 is 0. The van der Waals surface area contributed by atoms with Crippen LogP contribution < -0.4 is 4.90 Å². The normalized spacial score (nSPS) is 19.6. The number of para-hydroxylation sites is 1. The van der Waals surface area contributed by atoms with Gasteiger partial charge in [-0.25, -0.2) is 4.39 Å². The molecule has 2 aliphatic heterocycles. The Kier molecular flexibility index (Phi) is 5.62. The number of hydrogen-bond acceptors (Lipinski definition) is 4. The van der Waals surface area contributed by atoms with Crippen molar-refractivity contribution in [2.45, 2.75) is 25.3 Å². The molecule has 7 heteroatoms. The summed E-state index contributed by atoms with van der Waals surface area (Å²) in [4.78, 5) is 19.4. The molecule has 0 unspecified atom stereocenters. The molecule has 2 aromatic rings. The zero-order valence-electron chi connectivity index (χ0n) is 16.4. The first-order chi connectivity index (χ1) is 13.6. The van der Waals surface area contributed by atoms with Gasteiger partial charge in [0.15, 0.2) is 0 Å². The van der Waals surface area contributed by atoms with Crippen molar-refractivity contribution in [1.29, 1.82) is 0 Å². The fraction of sp³-hybridized carbons (Fsp3) is 0.524. The van der Waals surface area contributed by atoms with E-state index in [9.17, 15) is 9.18 Å². The average molecular weight is 385 g/mol. The summed E-state index contributed by atoms with van der Waals surface area (Å²) < 4.78 is 15.7. The van der Waals surface area contributed by atoms with Gasteiger partial charge < -0.3 is 9.80 Å². The molecular formula is C21H28FN5O. The number of aryl methyl sites for hydroxylation is 1. The quantitative estimate of drug-likeness (QED) is 0.814. The van der Waals surface area contributed by atoms with Crippen LogP contribution >= 0.6 is 0 Å². The van der Waals surface area contributed by atoms with E-state index in [1.54, 1.807) is 30.1 Å². The second kappa shape index (κ2) is 8.31. The summed E-state index contributed by atoms with van der Waals surface area (Å²) in [5, 5.41) is 4.11. The minimum Gasteiger partial charge on any atom is -0.369 e. The van der Waals surface area contributed by atoms with E-state index in [0.29, 0.717) is 17.4 Å². The van der Waals surface area contributed by atoms with Crippen molar-refractivity contribution >= 4 is 11.6 Å². The van der Waals surface area contributed by atoms with Gasteiger partial charge in [0.25, 0.3) is 5.91 Å². The molecular weight excluding hydrogens is 357 g/mol. The number of aromatic nitrogens is 2. The number of halogens is 1. The van der Waals surface area contributed by atoms with Crippen LogP contribution in [0.15, 0.2) is 36.5 Å². The highest BCUT2D eigenvalue weighted by Crippen LogP contribution is 2.25. The molecule has 0 N–H and O–H groups in total. The van der Waals surface area contributed by atoms with Crippen molar-refractivity contribution in [3.63, 3.8) is 0 Å². The summed E-state index contributed by atoms with van der Waals surface area (Å²) in [5.74, 6) is -0.0729. The first kappa shape index (κ1) is 18.9. The van der Waals surface area contributed by atoms with Crippen molar-refractivity contribution in [1.82, 2.24) is 19.6 Å². The van der Waals surface area contributed by atoms with Gasteiger partial charge in [-0.05, 0) is 37.5 Å². The lowest BCUT2D eigenvalue weighted by molar-refractivity contribution is 0.0745. The first-order valence-corrected chi connectivity index (χ1v) is 10.1. The third kappa shape index (κ3) is 3.90. The molecule has 0 radical (unpaired) electrons. The van der Waals surface area contributed by atoms with Crippen molar-refractivity contribution in [2.24, 2.45) is 7.05 Å². The molecule has 2 aliphatic rings. The van der Waals surface area contributed by atoms with Crippen LogP contribution in [-0.4, -0.2) is 70.8 Å². The van der Waals surface area contributed by atoms with Gasteiger partial charge in [-0.2, -0.15) is 5.10 Å². The van der Waals surface area contributed by atoms with Gasteiger partial charge in [0.2, 0.25) is 0 Å². The van der Waals surface area contributed by atoms with E-state index in [1.165, 1.54) is 6.07 Å². The van der Waals surface area contributed by atoms with Gasteiger partial charge >= 0.3 is 0 Å². The molecule has 1 aromatic carbocycles. The SMILES string of the molecule is Cn1nccc1C(=O)N1CCCN(C2CCN(c3ccccc3F)CC2)CC1. The molecule has 2 saturated heterocycles. The minimum absolute atomic E-state index is 0.0659. The van der Waals surface area contributed by atoms with Crippen molar-refractivity contribution in [3.05, 3.63) is 48.0 Å². The largest absolute Gasteiger partial charge is 0.369 e. The summed E-state index contributed by atoms with van der Waals surface area (Å²) in [5.41, 5.74) is 1.36. The Morgan fingerprint density at radius 1 is 1.04 bits per heavy atom. The van der Waals surface area contributed by atoms with Crippen LogP contribution in [0.2, 0.25) is 0 Å². The monoisotopic (exact) mass is 385 g/mol. The number of rotatable bonds is 3. The highest BCUT2D eigenvalue weighted by Gasteiger charge is 2.28. The molecule has 1 aromatic heterocycles. The van der Waals surface area contributed by atoms with Gasteiger partial charge in [-0.1, -0.05) is 12.1 Å². The maximum atomic E-state index is 14.0. The van der Waals surface area contributed by atoms with Crippen LogP contribution in [0, 0.1) is 5.82 Å². The van der Waals surface area contributed by atoms with Crippen molar-refractivity contribution in [2.75, 3.05) is 44.2 Å². The van der Waals surface area contributed by atoms with Gasteiger partial charge in [-0.15, -0.1) is 0 Å². The van der Waals surface area contributed by atoms with Crippen molar-refractivity contribution in [3.8, 4) is 0 Å². The Balaban J connectivity index is 1.32. The topological polar surface area (TPSA) is 44.6 Å². The number of amides is 1. The summed E-state index contributed by atoms with van der Waals surface area (Å²) in [6.07, 6.45) is 4.71. The van der Waals surface area contributed by atoms with Crippen LogP contribution in [0.1, 0.15) is 29.8 Å². The first-order valence-electron chi connectivity index (χ1n) is 10.1. The Morgan fingerprint density at radius 2 is 1.82 bits per heavy atom. The summed E-state index contributed by atoms with van der Waals surface area (Å²) in [6, 6.07) is 9.32. The highest BCUT2D eigenvalue weighted by molar-refractivity contribution is 5.92. The third-order valence-corrected chi connectivity index (χ3v) is 6.03. The van der Waals surface area contributed by atoms with Crippen LogP contribution in [-0.2, 0) is 7.05 Å². The summed E-state index contributed by atoms with van der Waals surface area (Å²) in [7, 11) is 1.81. The maximum absolute atomic E-state index is 14.0. The second-order valence-corrected chi connectivity index (χ2v) is 7.69. The number of carbonyl (C=O) groups is 1. The maximum Gasteiger partial charge on any atom is 0.272 e. The Morgan fingerprint density at radius 3 is 2.54 bits per heavy atom. The molecule has 0 spiro atoms. The Hall–Kier alpha value is -2.41. The van der Waals surface area contributed by atoms with E-state index in [0.717, 1.165) is 58.5 Å². The molecule has 0 aliphatic carbocycles. The van der Waals surface area contributed by atoms with Gasteiger partial charge in [-0.3, -0.25) is 14.4 Å². The smallest absolute Gasteiger partial charge is 0.272 e. The van der Waals surface area contributed by atoms with Gasteiger partial charge in [0.05, 0.1) is 5.69 Å². The van der Waals surface area contributed by atoms with Crippen LogP contribution in [0.5, 0.6) is 0 Å². The van der Waals surface area contributed by atoms with Crippen LogP contribution in [0.25, 0.3) is 0 Å². The van der Waals surface area contributed by atoms with E-state index in [1.807, 2.05) is 17.0 Å². The number of carbonyl (C=O) groups excluding carboxylic acids is 1. The van der Waals surface area contributed by atoms with E-state index >= 15 is 0 Å². The van der Waals surface area contributed by atoms with Gasteiger partial charge in [0.1, 0.15) is 11.5 Å². The van der Waals surface area contributed by atoms with E-state index < -0.39 is 0 Å². The molecule has 150 valence electrons. The Labute approximate surface area is 165 Å². The zero-order chi connectivity index (χ0) is 19.5. The van der Waals surface area contributed by atoms with Gasteiger partial charge in [0, 0.05) is 58.6 Å². The lowest BCUT2D eigenvalue weighted by Gasteiger charge is -2.39. The summed E-state index contributed by atoms with van der Waals surface area (Å²) in [6.45, 7) is 5.19. The second-order valence-electron chi connectivity index (χ2n) is 7.69. The molecule has 0 saturated carbocycles. The van der Waals surface area contributed by atoms with Crippen LogP contribution in [0.3, 0.4) is 0 Å². The standard InChI is InChI=1S/C21H28FN5O/c1-24-20(7-10-23-24)21(28)27-12-4-11-25(15-16-27)17-8-13-26(14-9-17)19-6-3-2-5-18(19)22/h2-3,5-7,10,17H,4,8-9,11-16H2,1H3. The number of hydrogen-bond donors (Lipinski definition) is 0. The highest BCUT2D eigenvalue weighted by atomic mass is 19.1. The van der Waals surface area contributed by atoms with E-state index in [2.05, 4.69) is 14.9 Å². The lowest BCUT2D eigenvalue weighted by atomic mass is 10.0. The van der Waals surface area contributed by atoms with Crippen LogP contribution in [0.4, 0.5) is 10.1 Å². The molecule has 0 atom stereocenters. The van der Waals surface area contributed by atoms with Crippen molar-refractivity contribution < 1.29 is 9.18 Å². The fourth-order valence-corrected chi connectivity index (χ4v) is 4.43. The molecule has 2 fully saturated rings. The third-order valence-electron chi connectivity index (χ3n) is 6.03. The predicted molar refractivity (Wildman–Crippen MR) is 107 cm³/mol. The molecule has 6 nitrogen and oxygen atoms in total. The Bertz CT molecular complexity index is 815. The lowest BCUT2D eigenvalue weighted by Crippen LogP contribution is -2.46. The fourth-order valence-electron chi connectivity index (χ4n) is 4.43.